The van der Waals surface area contributed by atoms with Crippen molar-refractivity contribution in [2.45, 2.75) is 82.5 Å². The molecule has 1 fully saturated rings. The van der Waals surface area contributed by atoms with Gasteiger partial charge in [-0.15, -0.1) is 0 Å². The molecule has 1 unspecified atom stereocenters. The number of esters is 1. The van der Waals surface area contributed by atoms with Gasteiger partial charge in [-0.1, -0.05) is 28.1 Å². The summed E-state index contributed by atoms with van der Waals surface area (Å²) in [5.74, 6) is -0.0590. The van der Waals surface area contributed by atoms with Crippen molar-refractivity contribution in [2.24, 2.45) is 0 Å². The van der Waals surface area contributed by atoms with E-state index in [0.29, 0.717) is 37.0 Å². The zero-order valence-corrected chi connectivity index (χ0v) is 24.1. The SMILES string of the molecule is C[C@H]1CC[C@@H](C(=O)OCC(=O)c2ccc3c(c2)COc2cc4c(cc2-3)CCC(=O)C4Br)N1C(=O)OC(C)(C)C. The summed E-state index contributed by atoms with van der Waals surface area (Å²) in [6, 6.07) is 8.46. The maximum atomic E-state index is 13.0. The zero-order chi connectivity index (χ0) is 28.1. The maximum Gasteiger partial charge on any atom is 0.411 e. The van der Waals surface area contributed by atoms with Gasteiger partial charge in [0.2, 0.25) is 0 Å². The van der Waals surface area contributed by atoms with E-state index in [9.17, 15) is 19.2 Å². The van der Waals surface area contributed by atoms with Gasteiger partial charge >= 0.3 is 12.1 Å². The van der Waals surface area contributed by atoms with Crippen molar-refractivity contribution in [3.05, 3.63) is 52.6 Å². The molecular formula is C30H32BrNO7. The minimum atomic E-state index is -0.781. The lowest BCUT2D eigenvalue weighted by Crippen LogP contribution is -2.47. The fraction of sp³-hybridized carbons (Fsp3) is 0.467. The van der Waals surface area contributed by atoms with E-state index < -0.39 is 30.3 Å². The molecule has 9 heteroatoms. The summed E-state index contributed by atoms with van der Waals surface area (Å²) >= 11 is 3.50. The number of carbonyl (C=O) groups excluding carboxylic acids is 4. The number of hydrogen-bond donors (Lipinski definition) is 0. The fourth-order valence-electron chi connectivity index (χ4n) is 5.44. The lowest BCUT2D eigenvalue weighted by Gasteiger charge is -2.30. The monoisotopic (exact) mass is 597 g/mol. The van der Waals surface area contributed by atoms with Crippen LogP contribution in [-0.4, -0.2) is 52.8 Å². The lowest BCUT2D eigenvalue weighted by molar-refractivity contribution is -0.148. The first-order valence-electron chi connectivity index (χ1n) is 13.2. The van der Waals surface area contributed by atoms with Crippen molar-refractivity contribution in [3.63, 3.8) is 0 Å². The molecule has 39 heavy (non-hydrogen) atoms. The summed E-state index contributed by atoms with van der Waals surface area (Å²) in [6.45, 7) is 7.05. The Morgan fingerprint density at radius 3 is 2.56 bits per heavy atom. The molecule has 2 aliphatic heterocycles. The van der Waals surface area contributed by atoms with Crippen molar-refractivity contribution in [3.8, 4) is 16.9 Å². The largest absolute Gasteiger partial charge is 0.488 e. The second kappa shape index (κ2) is 10.4. The normalized spacial score (nSPS) is 21.8. The molecule has 1 saturated heterocycles. The van der Waals surface area contributed by atoms with Gasteiger partial charge < -0.3 is 14.2 Å². The Morgan fingerprint density at radius 2 is 1.82 bits per heavy atom. The van der Waals surface area contributed by atoms with E-state index in [0.717, 1.165) is 27.8 Å². The van der Waals surface area contributed by atoms with E-state index in [4.69, 9.17) is 14.2 Å². The minimum Gasteiger partial charge on any atom is -0.488 e. The van der Waals surface area contributed by atoms with Crippen LogP contribution in [0.4, 0.5) is 4.79 Å². The van der Waals surface area contributed by atoms with Gasteiger partial charge in [0.1, 0.15) is 24.0 Å². The third kappa shape index (κ3) is 5.46. The molecule has 0 saturated carbocycles. The van der Waals surface area contributed by atoms with Crippen LogP contribution < -0.4 is 4.74 Å². The van der Waals surface area contributed by atoms with Crippen LogP contribution in [-0.2, 0) is 32.1 Å². The van der Waals surface area contributed by atoms with Gasteiger partial charge in [-0.05, 0) is 87.4 Å². The number of carbonyl (C=O) groups is 4. The summed E-state index contributed by atoms with van der Waals surface area (Å²) in [7, 11) is 0. The number of benzene rings is 2. The quantitative estimate of drug-likeness (QED) is 0.253. The molecule has 8 nitrogen and oxygen atoms in total. The number of ketones is 2. The zero-order valence-electron chi connectivity index (χ0n) is 22.5. The highest BCUT2D eigenvalue weighted by molar-refractivity contribution is 9.09. The number of fused-ring (bicyclic) bond motifs is 4. The van der Waals surface area contributed by atoms with Crippen LogP contribution in [0.5, 0.6) is 5.75 Å². The number of amides is 1. The predicted molar refractivity (Wildman–Crippen MR) is 147 cm³/mol. The van der Waals surface area contributed by atoms with E-state index in [-0.39, 0.29) is 29.0 Å². The van der Waals surface area contributed by atoms with Crippen LogP contribution in [0.1, 0.15) is 78.8 Å². The highest BCUT2D eigenvalue weighted by Crippen LogP contribution is 2.44. The van der Waals surface area contributed by atoms with Gasteiger partial charge in [-0.2, -0.15) is 0 Å². The highest BCUT2D eigenvalue weighted by atomic mass is 79.9. The van der Waals surface area contributed by atoms with E-state index in [2.05, 4.69) is 22.0 Å². The summed E-state index contributed by atoms with van der Waals surface area (Å²) in [5.41, 5.74) is 4.57. The molecule has 0 bridgehead atoms. The molecule has 2 aromatic carbocycles. The van der Waals surface area contributed by atoms with Gasteiger partial charge in [0.15, 0.2) is 18.2 Å². The Bertz CT molecular complexity index is 1360. The smallest absolute Gasteiger partial charge is 0.411 e. The molecular weight excluding hydrogens is 566 g/mol. The Kier molecular flexibility index (Phi) is 7.31. The molecule has 0 aromatic heterocycles. The summed E-state index contributed by atoms with van der Waals surface area (Å²) in [6.07, 6.45) is 1.73. The molecule has 3 aliphatic rings. The number of nitrogens with zero attached hydrogens (tertiary/aromatic N) is 1. The van der Waals surface area contributed by atoms with Gasteiger partial charge in [-0.25, -0.2) is 9.59 Å². The van der Waals surface area contributed by atoms with E-state index >= 15 is 0 Å². The standard InChI is InChI=1S/C30H32BrNO7/c1-16-5-9-23(32(16)29(36)39-30(2,3)4)28(35)38-15-25(34)18-6-8-20-19(11-18)14-37-26-13-21-17(12-22(20)26)7-10-24(33)27(21)31/h6,8,11-13,16,23,27H,5,7,9-10,14-15H2,1-4H3/t16-,23-,27?/m0/s1. The number of rotatable bonds is 4. The Morgan fingerprint density at radius 1 is 1.05 bits per heavy atom. The second-order valence-corrected chi connectivity index (χ2v) is 12.3. The van der Waals surface area contributed by atoms with Crippen molar-refractivity contribution in [2.75, 3.05) is 6.61 Å². The third-order valence-corrected chi connectivity index (χ3v) is 8.43. The number of ether oxygens (including phenoxy) is 3. The Hall–Kier alpha value is -3.20. The van der Waals surface area contributed by atoms with E-state index in [1.807, 2.05) is 19.1 Å². The number of aryl methyl sites for hydroxylation is 1. The number of alkyl halides is 1. The number of likely N-dealkylation sites (tertiary alicyclic amines) is 1. The summed E-state index contributed by atoms with van der Waals surface area (Å²) in [5, 5.41) is 0. The first-order chi connectivity index (χ1) is 18.4. The van der Waals surface area contributed by atoms with Crippen LogP contribution in [0.3, 0.4) is 0 Å². The van der Waals surface area contributed by atoms with Crippen LogP contribution in [0, 0.1) is 0 Å². The molecule has 206 valence electrons. The number of halogens is 1. The van der Waals surface area contributed by atoms with Crippen LogP contribution in [0.25, 0.3) is 11.1 Å². The molecule has 1 aliphatic carbocycles. The molecule has 1 amide bonds. The van der Waals surface area contributed by atoms with Crippen LogP contribution in [0.15, 0.2) is 30.3 Å². The molecule has 2 heterocycles. The Balaban J connectivity index is 1.27. The average Bonchev–Trinajstić information content (AvgIpc) is 3.28. The van der Waals surface area contributed by atoms with Gasteiger partial charge in [0.05, 0.1) is 4.83 Å². The van der Waals surface area contributed by atoms with E-state index in [1.165, 1.54) is 4.90 Å². The number of Topliss-reactive ketones (excluding diaryl/α,β-unsaturated/α-hetero) is 2. The van der Waals surface area contributed by atoms with Crippen molar-refractivity contribution in [1.82, 2.24) is 4.90 Å². The molecule has 2 aromatic rings. The first-order valence-corrected chi connectivity index (χ1v) is 14.2. The van der Waals surface area contributed by atoms with Gasteiger partial charge in [0, 0.05) is 23.6 Å². The van der Waals surface area contributed by atoms with Crippen LogP contribution >= 0.6 is 15.9 Å². The highest BCUT2D eigenvalue weighted by Gasteiger charge is 2.42. The first kappa shape index (κ1) is 27.4. The molecule has 0 spiro atoms. The topological polar surface area (TPSA) is 99.2 Å². The summed E-state index contributed by atoms with van der Waals surface area (Å²) in [4.78, 5) is 51.7. The molecule has 3 atom stereocenters. The maximum absolute atomic E-state index is 13.0. The molecule has 0 radical (unpaired) electrons. The van der Waals surface area contributed by atoms with Gasteiger partial charge in [0.25, 0.3) is 0 Å². The van der Waals surface area contributed by atoms with Gasteiger partial charge in [-0.3, -0.25) is 14.5 Å². The Labute approximate surface area is 236 Å². The fourth-order valence-corrected chi connectivity index (χ4v) is 6.09. The number of hydrogen-bond acceptors (Lipinski definition) is 7. The van der Waals surface area contributed by atoms with Crippen molar-refractivity contribution in [1.29, 1.82) is 0 Å². The summed E-state index contributed by atoms with van der Waals surface area (Å²) < 4.78 is 16.9. The second-order valence-electron chi connectivity index (χ2n) is 11.4. The minimum absolute atomic E-state index is 0.164. The molecule has 5 rings (SSSR count). The average molecular weight is 598 g/mol. The lowest BCUT2D eigenvalue weighted by atomic mass is 9.86. The van der Waals surface area contributed by atoms with Crippen LogP contribution in [0.2, 0.25) is 0 Å². The van der Waals surface area contributed by atoms with Crippen molar-refractivity contribution >= 4 is 39.6 Å². The van der Waals surface area contributed by atoms with E-state index in [1.54, 1.807) is 32.9 Å². The molecule has 0 N–H and O–H groups in total. The van der Waals surface area contributed by atoms with Crippen molar-refractivity contribution < 1.29 is 33.4 Å². The predicted octanol–water partition coefficient (Wildman–Crippen LogP) is 5.71. The third-order valence-electron chi connectivity index (χ3n) is 7.43.